The van der Waals surface area contributed by atoms with E-state index in [2.05, 4.69) is 37.9 Å². The van der Waals surface area contributed by atoms with Crippen LogP contribution in [0.2, 0.25) is 0 Å². The topological polar surface area (TPSA) is 26.7 Å². The van der Waals surface area contributed by atoms with Crippen LogP contribution in [-0.4, -0.2) is 62.3 Å². The summed E-state index contributed by atoms with van der Waals surface area (Å²) in [6.45, 7) is 6.02. The van der Waals surface area contributed by atoms with E-state index in [1.165, 1.54) is 32.1 Å². The van der Waals surface area contributed by atoms with Crippen LogP contribution < -0.4 is 0 Å². The quantitative estimate of drug-likeness (QED) is 0.755. The third-order valence-electron chi connectivity index (χ3n) is 4.27. The number of aliphatic hydroxyl groups excluding tert-OH is 1. The molecule has 0 aliphatic heterocycles. The Balaban J connectivity index is 2.37. The molecule has 1 aliphatic carbocycles. The highest BCUT2D eigenvalue weighted by molar-refractivity contribution is 4.87. The summed E-state index contributed by atoms with van der Waals surface area (Å²) < 4.78 is 0. The van der Waals surface area contributed by atoms with Gasteiger partial charge in [0.25, 0.3) is 0 Å². The molecule has 0 aromatic carbocycles. The van der Waals surface area contributed by atoms with Crippen LogP contribution >= 0.6 is 0 Å². The average molecular weight is 256 g/mol. The molecule has 3 nitrogen and oxygen atoms in total. The third kappa shape index (κ3) is 5.25. The van der Waals surface area contributed by atoms with Gasteiger partial charge < -0.3 is 14.9 Å². The molecule has 2 unspecified atom stereocenters. The molecular formula is C15H32N2O. The second-order valence-corrected chi connectivity index (χ2v) is 6.75. The van der Waals surface area contributed by atoms with Gasteiger partial charge in [-0.25, -0.2) is 0 Å². The van der Waals surface area contributed by atoms with Crippen molar-refractivity contribution in [3.05, 3.63) is 0 Å². The molecule has 0 heterocycles. The number of hydrogen-bond acceptors (Lipinski definition) is 3. The van der Waals surface area contributed by atoms with Crippen LogP contribution in [-0.2, 0) is 0 Å². The molecule has 0 spiro atoms. The van der Waals surface area contributed by atoms with Gasteiger partial charge >= 0.3 is 0 Å². The van der Waals surface area contributed by atoms with Crippen molar-refractivity contribution in [1.29, 1.82) is 0 Å². The van der Waals surface area contributed by atoms with Crippen molar-refractivity contribution in [3.8, 4) is 0 Å². The highest BCUT2D eigenvalue weighted by atomic mass is 16.3. The lowest BCUT2D eigenvalue weighted by atomic mass is 9.70. The molecule has 0 bridgehead atoms. The minimum absolute atomic E-state index is 0.171. The molecule has 1 N–H and O–H groups in total. The zero-order valence-electron chi connectivity index (χ0n) is 12.8. The molecule has 1 fully saturated rings. The summed E-state index contributed by atoms with van der Waals surface area (Å²) in [7, 11) is 6.45. The zero-order valence-corrected chi connectivity index (χ0v) is 12.8. The molecule has 1 saturated carbocycles. The van der Waals surface area contributed by atoms with E-state index < -0.39 is 0 Å². The third-order valence-corrected chi connectivity index (χ3v) is 4.27. The van der Waals surface area contributed by atoms with E-state index >= 15 is 0 Å². The van der Waals surface area contributed by atoms with E-state index in [0.29, 0.717) is 6.61 Å². The lowest BCUT2D eigenvalue weighted by Gasteiger charge is -2.41. The van der Waals surface area contributed by atoms with Crippen molar-refractivity contribution in [2.45, 2.75) is 39.0 Å². The molecule has 0 aromatic heterocycles. The van der Waals surface area contributed by atoms with Crippen LogP contribution in [0.3, 0.4) is 0 Å². The molecule has 1 rings (SSSR count). The molecule has 0 amide bonds. The van der Waals surface area contributed by atoms with Crippen molar-refractivity contribution >= 4 is 0 Å². The van der Waals surface area contributed by atoms with Crippen molar-refractivity contribution in [2.24, 2.45) is 11.3 Å². The first-order valence-electron chi connectivity index (χ1n) is 7.41. The van der Waals surface area contributed by atoms with Gasteiger partial charge in [0.15, 0.2) is 0 Å². The summed E-state index contributed by atoms with van der Waals surface area (Å²) in [6, 6.07) is 0. The SMILES string of the molecule is CC1CCCC(CO)(CN(C)CCCN(C)C)C1. The maximum absolute atomic E-state index is 9.79. The number of hydrogen-bond donors (Lipinski definition) is 1. The molecule has 0 radical (unpaired) electrons. The molecule has 2 atom stereocenters. The van der Waals surface area contributed by atoms with Gasteiger partial charge in [0.1, 0.15) is 0 Å². The number of nitrogens with zero attached hydrogens (tertiary/aromatic N) is 2. The fraction of sp³-hybridized carbons (Fsp3) is 1.00. The van der Waals surface area contributed by atoms with Crippen LogP contribution in [0.5, 0.6) is 0 Å². The highest BCUT2D eigenvalue weighted by Gasteiger charge is 2.35. The predicted molar refractivity (Wildman–Crippen MR) is 77.8 cm³/mol. The predicted octanol–water partition coefficient (Wildman–Crippen LogP) is 2.06. The van der Waals surface area contributed by atoms with Crippen LogP contribution in [0.4, 0.5) is 0 Å². The fourth-order valence-electron chi connectivity index (χ4n) is 3.41. The van der Waals surface area contributed by atoms with E-state index in [-0.39, 0.29) is 5.41 Å². The molecule has 0 saturated heterocycles. The Hall–Kier alpha value is -0.120. The first-order chi connectivity index (χ1) is 8.47. The Morgan fingerprint density at radius 1 is 1.22 bits per heavy atom. The summed E-state index contributed by atoms with van der Waals surface area (Å²) in [6.07, 6.45) is 6.23. The van der Waals surface area contributed by atoms with Crippen molar-refractivity contribution < 1.29 is 5.11 Å². The van der Waals surface area contributed by atoms with Gasteiger partial charge in [-0.05, 0) is 59.4 Å². The lowest BCUT2D eigenvalue weighted by Crippen LogP contribution is -2.42. The van der Waals surface area contributed by atoms with E-state index in [0.717, 1.165) is 25.6 Å². The summed E-state index contributed by atoms with van der Waals surface area (Å²) in [4.78, 5) is 4.65. The molecule has 18 heavy (non-hydrogen) atoms. The van der Waals surface area contributed by atoms with Gasteiger partial charge in [0.05, 0.1) is 0 Å². The fourth-order valence-corrected chi connectivity index (χ4v) is 3.41. The number of rotatable bonds is 7. The largest absolute Gasteiger partial charge is 0.396 e. The van der Waals surface area contributed by atoms with Gasteiger partial charge in [-0.1, -0.05) is 19.8 Å². The molecule has 108 valence electrons. The standard InChI is InChI=1S/C15H32N2O/c1-14-7-5-8-15(11-14,13-18)12-17(4)10-6-9-16(2)3/h14,18H,5-13H2,1-4H3. The van der Waals surface area contributed by atoms with E-state index in [4.69, 9.17) is 0 Å². The summed E-state index contributed by atoms with van der Waals surface area (Å²) >= 11 is 0. The average Bonchev–Trinajstić information content (AvgIpc) is 2.28. The van der Waals surface area contributed by atoms with E-state index in [1.807, 2.05) is 0 Å². The Kier molecular flexibility index (Phi) is 6.61. The van der Waals surface area contributed by atoms with Crippen LogP contribution in [0.1, 0.15) is 39.0 Å². The smallest absolute Gasteiger partial charge is 0.0499 e. The van der Waals surface area contributed by atoms with Gasteiger partial charge in [-0.15, -0.1) is 0 Å². The Morgan fingerprint density at radius 2 is 1.94 bits per heavy atom. The monoisotopic (exact) mass is 256 g/mol. The van der Waals surface area contributed by atoms with Crippen molar-refractivity contribution in [2.75, 3.05) is 47.4 Å². The maximum atomic E-state index is 9.79. The Morgan fingerprint density at radius 3 is 2.50 bits per heavy atom. The van der Waals surface area contributed by atoms with Gasteiger partial charge in [-0.3, -0.25) is 0 Å². The second kappa shape index (κ2) is 7.46. The highest BCUT2D eigenvalue weighted by Crippen LogP contribution is 2.39. The van der Waals surface area contributed by atoms with Crippen LogP contribution in [0.15, 0.2) is 0 Å². The molecule has 1 aliphatic rings. The summed E-state index contributed by atoms with van der Waals surface area (Å²) in [5, 5.41) is 9.79. The summed E-state index contributed by atoms with van der Waals surface area (Å²) in [5.74, 6) is 0.779. The van der Waals surface area contributed by atoms with Gasteiger partial charge in [0, 0.05) is 18.6 Å². The zero-order chi connectivity index (χ0) is 13.6. The molecule has 3 heteroatoms. The molecule has 0 aromatic rings. The minimum Gasteiger partial charge on any atom is -0.396 e. The van der Waals surface area contributed by atoms with Gasteiger partial charge in [0.2, 0.25) is 0 Å². The van der Waals surface area contributed by atoms with Crippen molar-refractivity contribution in [3.63, 3.8) is 0 Å². The molecular weight excluding hydrogens is 224 g/mol. The van der Waals surface area contributed by atoms with Crippen molar-refractivity contribution in [1.82, 2.24) is 9.80 Å². The minimum atomic E-state index is 0.171. The Labute approximate surface area is 113 Å². The maximum Gasteiger partial charge on any atom is 0.0499 e. The Bertz CT molecular complexity index is 233. The van der Waals surface area contributed by atoms with E-state index in [9.17, 15) is 5.11 Å². The van der Waals surface area contributed by atoms with Crippen LogP contribution in [0.25, 0.3) is 0 Å². The normalized spacial score (nSPS) is 29.2. The summed E-state index contributed by atoms with van der Waals surface area (Å²) in [5.41, 5.74) is 0.171. The first kappa shape index (κ1) is 15.9. The lowest BCUT2D eigenvalue weighted by molar-refractivity contribution is 0.0303. The van der Waals surface area contributed by atoms with Crippen LogP contribution in [0, 0.1) is 11.3 Å². The first-order valence-corrected chi connectivity index (χ1v) is 7.41. The van der Waals surface area contributed by atoms with Gasteiger partial charge in [-0.2, -0.15) is 0 Å². The van der Waals surface area contributed by atoms with E-state index in [1.54, 1.807) is 0 Å². The number of aliphatic hydroxyl groups is 1. The second-order valence-electron chi connectivity index (χ2n) is 6.75.